The summed E-state index contributed by atoms with van der Waals surface area (Å²) in [7, 11) is 1.64. The normalized spacial score (nSPS) is 20.0. The third-order valence-electron chi connectivity index (χ3n) is 5.11. The van der Waals surface area contributed by atoms with Crippen LogP contribution in [0.25, 0.3) is 10.9 Å². The number of carbonyl (C=O) groups excluding carboxylic acids is 1. The molecule has 2 saturated heterocycles. The number of aryl methyl sites for hydroxylation is 1. The van der Waals surface area contributed by atoms with Crippen molar-refractivity contribution in [1.82, 2.24) is 9.88 Å². The van der Waals surface area contributed by atoms with Crippen molar-refractivity contribution in [1.29, 1.82) is 0 Å². The first-order valence-corrected chi connectivity index (χ1v) is 8.35. The highest BCUT2D eigenvalue weighted by Crippen LogP contribution is 2.32. The molecule has 2 fully saturated rings. The third kappa shape index (κ3) is 2.46. The quantitative estimate of drug-likeness (QED) is 0.919. The van der Waals surface area contributed by atoms with Crippen molar-refractivity contribution in [2.75, 3.05) is 33.4 Å². The Hall–Kier alpha value is -2.05. The van der Waals surface area contributed by atoms with E-state index in [1.54, 1.807) is 7.11 Å². The number of rotatable bonds is 2. The summed E-state index contributed by atoms with van der Waals surface area (Å²) in [5.74, 6) is 0.355. The lowest BCUT2D eigenvalue weighted by Gasteiger charge is -2.37. The van der Waals surface area contributed by atoms with Crippen LogP contribution < -0.4 is 4.74 Å². The van der Waals surface area contributed by atoms with Crippen molar-refractivity contribution in [3.05, 3.63) is 29.5 Å². The van der Waals surface area contributed by atoms with Crippen molar-refractivity contribution in [2.24, 2.45) is 0 Å². The molecule has 6 nitrogen and oxygen atoms in total. The summed E-state index contributed by atoms with van der Waals surface area (Å²) in [6.07, 6.45) is 1.46. The van der Waals surface area contributed by atoms with Gasteiger partial charge in [-0.2, -0.15) is 0 Å². The van der Waals surface area contributed by atoms with Crippen LogP contribution >= 0.6 is 0 Å². The van der Waals surface area contributed by atoms with Gasteiger partial charge in [-0.05, 0) is 24.6 Å². The number of benzene rings is 1. The second-order valence-corrected chi connectivity index (χ2v) is 6.44. The summed E-state index contributed by atoms with van der Waals surface area (Å²) in [4.78, 5) is 18.1. The smallest absolute Gasteiger partial charge is 0.270 e. The number of fused-ring (bicyclic) bond motifs is 1. The Morgan fingerprint density at radius 1 is 1.25 bits per heavy atom. The highest BCUT2D eigenvalue weighted by molar-refractivity contribution is 6.01. The van der Waals surface area contributed by atoms with E-state index < -0.39 is 5.79 Å². The number of hydrogen-bond acceptors (Lipinski definition) is 4. The van der Waals surface area contributed by atoms with Gasteiger partial charge in [-0.15, -0.1) is 0 Å². The lowest BCUT2D eigenvalue weighted by atomic mass is 10.0. The summed E-state index contributed by atoms with van der Waals surface area (Å²) in [5.41, 5.74) is 2.56. The Morgan fingerprint density at radius 3 is 2.62 bits per heavy atom. The largest absolute Gasteiger partial charge is 0.497 e. The Morgan fingerprint density at radius 2 is 1.96 bits per heavy atom. The average Bonchev–Trinajstić information content (AvgIpc) is 3.19. The number of carbonyl (C=O) groups is 1. The van der Waals surface area contributed by atoms with Gasteiger partial charge in [0.2, 0.25) is 0 Å². The first-order chi connectivity index (χ1) is 11.6. The van der Waals surface area contributed by atoms with E-state index in [4.69, 9.17) is 14.2 Å². The molecule has 1 aromatic heterocycles. The van der Waals surface area contributed by atoms with Gasteiger partial charge in [0.1, 0.15) is 11.4 Å². The molecule has 2 aromatic rings. The molecular weight excluding hydrogens is 308 g/mol. The second-order valence-electron chi connectivity index (χ2n) is 6.44. The lowest BCUT2D eigenvalue weighted by molar-refractivity contribution is -0.181. The molecule has 3 heterocycles. The molecule has 2 aliphatic heterocycles. The molecule has 24 heavy (non-hydrogen) atoms. The number of likely N-dealkylation sites (tertiary alicyclic amines) is 1. The molecule has 0 atom stereocenters. The number of ether oxygens (including phenoxy) is 3. The zero-order valence-electron chi connectivity index (χ0n) is 14.1. The molecule has 1 aromatic carbocycles. The minimum absolute atomic E-state index is 0.0375. The third-order valence-corrected chi connectivity index (χ3v) is 5.11. The van der Waals surface area contributed by atoms with Crippen LogP contribution in [0.15, 0.2) is 18.2 Å². The Kier molecular flexibility index (Phi) is 3.73. The molecule has 128 valence electrons. The van der Waals surface area contributed by atoms with Crippen LogP contribution in [-0.2, 0) is 9.47 Å². The van der Waals surface area contributed by atoms with Crippen molar-refractivity contribution >= 4 is 16.8 Å². The van der Waals surface area contributed by atoms with E-state index in [0.29, 0.717) is 32.0 Å². The number of amides is 1. The average molecular weight is 330 g/mol. The maximum absolute atomic E-state index is 12.9. The van der Waals surface area contributed by atoms with Crippen LogP contribution in [0, 0.1) is 6.92 Å². The van der Waals surface area contributed by atoms with Gasteiger partial charge in [0, 0.05) is 42.9 Å². The van der Waals surface area contributed by atoms with E-state index in [0.717, 1.165) is 35.1 Å². The van der Waals surface area contributed by atoms with Crippen LogP contribution in [0.5, 0.6) is 5.75 Å². The highest BCUT2D eigenvalue weighted by Gasteiger charge is 2.41. The molecule has 6 heteroatoms. The monoisotopic (exact) mass is 330 g/mol. The zero-order chi connectivity index (χ0) is 16.7. The molecule has 2 aliphatic rings. The highest BCUT2D eigenvalue weighted by atomic mass is 16.7. The molecule has 0 aliphatic carbocycles. The number of nitrogens with zero attached hydrogens (tertiary/aromatic N) is 1. The molecule has 1 spiro atoms. The number of aromatic nitrogens is 1. The molecule has 0 saturated carbocycles. The van der Waals surface area contributed by atoms with Crippen LogP contribution in [0.2, 0.25) is 0 Å². The number of methoxy groups -OCH3 is 1. The van der Waals surface area contributed by atoms with Gasteiger partial charge in [-0.3, -0.25) is 4.79 Å². The number of piperidine rings is 1. The van der Waals surface area contributed by atoms with Gasteiger partial charge < -0.3 is 24.1 Å². The fourth-order valence-electron chi connectivity index (χ4n) is 3.65. The molecule has 1 N–H and O–H groups in total. The van der Waals surface area contributed by atoms with Crippen molar-refractivity contribution in [3.63, 3.8) is 0 Å². The van der Waals surface area contributed by atoms with E-state index in [2.05, 4.69) is 4.98 Å². The fourth-order valence-corrected chi connectivity index (χ4v) is 3.65. The SMILES string of the molecule is COc1ccc2c(C)c(C(=O)N3CCC4(CC3)OCCO4)[nH]c2c1. The van der Waals surface area contributed by atoms with Gasteiger partial charge in [-0.25, -0.2) is 0 Å². The summed E-state index contributed by atoms with van der Waals surface area (Å²) < 4.78 is 16.7. The number of hydrogen-bond donors (Lipinski definition) is 1. The predicted octanol–water partition coefficient (Wildman–Crippen LogP) is 2.46. The standard InChI is InChI=1S/C18H22N2O4/c1-12-14-4-3-13(22-2)11-15(14)19-16(12)17(21)20-7-5-18(6-8-20)23-9-10-24-18/h3-4,11,19H,5-10H2,1-2H3. The molecule has 0 radical (unpaired) electrons. The van der Waals surface area contributed by atoms with Crippen molar-refractivity contribution < 1.29 is 19.0 Å². The Labute approximate surface area is 140 Å². The molecule has 0 bridgehead atoms. The first kappa shape index (κ1) is 15.5. The number of nitrogens with one attached hydrogen (secondary N) is 1. The van der Waals surface area contributed by atoms with Gasteiger partial charge in [0.15, 0.2) is 5.79 Å². The minimum atomic E-state index is -0.459. The predicted molar refractivity (Wildman–Crippen MR) is 89.4 cm³/mol. The van der Waals surface area contributed by atoms with Crippen LogP contribution in [-0.4, -0.2) is 55.0 Å². The summed E-state index contributed by atoms with van der Waals surface area (Å²) in [6, 6.07) is 5.82. The van der Waals surface area contributed by atoms with Crippen LogP contribution in [0.4, 0.5) is 0 Å². The summed E-state index contributed by atoms with van der Waals surface area (Å²) >= 11 is 0. The van der Waals surface area contributed by atoms with E-state index in [-0.39, 0.29) is 5.91 Å². The maximum Gasteiger partial charge on any atom is 0.270 e. The summed E-state index contributed by atoms with van der Waals surface area (Å²) in [5, 5.41) is 1.05. The number of aromatic amines is 1. The van der Waals surface area contributed by atoms with Crippen molar-refractivity contribution in [3.8, 4) is 5.75 Å². The van der Waals surface area contributed by atoms with E-state index >= 15 is 0 Å². The maximum atomic E-state index is 12.9. The van der Waals surface area contributed by atoms with Crippen LogP contribution in [0.3, 0.4) is 0 Å². The van der Waals surface area contributed by atoms with Crippen LogP contribution in [0.1, 0.15) is 28.9 Å². The van der Waals surface area contributed by atoms with E-state index in [9.17, 15) is 4.79 Å². The zero-order valence-corrected chi connectivity index (χ0v) is 14.1. The minimum Gasteiger partial charge on any atom is -0.497 e. The molecule has 1 amide bonds. The second kappa shape index (κ2) is 5.79. The summed E-state index contributed by atoms with van der Waals surface area (Å²) in [6.45, 7) is 4.58. The van der Waals surface area contributed by atoms with E-state index in [1.165, 1.54) is 0 Å². The fraction of sp³-hybridized carbons (Fsp3) is 0.500. The van der Waals surface area contributed by atoms with Gasteiger partial charge in [0.05, 0.1) is 20.3 Å². The van der Waals surface area contributed by atoms with Gasteiger partial charge in [-0.1, -0.05) is 0 Å². The number of H-pyrrole nitrogens is 1. The van der Waals surface area contributed by atoms with Gasteiger partial charge >= 0.3 is 0 Å². The lowest BCUT2D eigenvalue weighted by Crippen LogP contribution is -2.47. The first-order valence-electron chi connectivity index (χ1n) is 8.35. The Balaban J connectivity index is 1.56. The molecule has 0 unspecified atom stereocenters. The Bertz CT molecular complexity index is 767. The van der Waals surface area contributed by atoms with Crippen molar-refractivity contribution in [2.45, 2.75) is 25.6 Å². The van der Waals surface area contributed by atoms with E-state index in [1.807, 2.05) is 30.0 Å². The molecule has 4 rings (SSSR count). The van der Waals surface area contributed by atoms with Gasteiger partial charge in [0.25, 0.3) is 5.91 Å². The topological polar surface area (TPSA) is 63.8 Å². The molecular formula is C18H22N2O4.